The number of carbonyl (C=O) groups excluding carboxylic acids is 2. The van der Waals surface area contributed by atoms with Gasteiger partial charge in [-0.1, -0.05) is 73.7 Å². The summed E-state index contributed by atoms with van der Waals surface area (Å²) in [7, 11) is -2.55. The maximum Gasteiger partial charge on any atom is 0.264 e. The fourth-order valence-electron chi connectivity index (χ4n) is 5.87. The normalized spacial score (nSPS) is 14.5. The van der Waals surface area contributed by atoms with Crippen LogP contribution in [0.1, 0.15) is 67.7 Å². The van der Waals surface area contributed by atoms with Gasteiger partial charge in [0.25, 0.3) is 10.0 Å². The molecule has 236 valence electrons. The van der Waals surface area contributed by atoms with Gasteiger partial charge >= 0.3 is 0 Å². The number of anilines is 1. The Morgan fingerprint density at radius 1 is 0.932 bits per heavy atom. The van der Waals surface area contributed by atoms with Crippen molar-refractivity contribution in [3.8, 4) is 5.75 Å². The van der Waals surface area contributed by atoms with Crippen LogP contribution in [0, 0.1) is 20.8 Å². The summed E-state index contributed by atoms with van der Waals surface area (Å²) in [6.07, 6.45) is 5.50. The summed E-state index contributed by atoms with van der Waals surface area (Å²) in [4.78, 5) is 29.8. The van der Waals surface area contributed by atoms with Gasteiger partial charge in [0.15, 0.2) is 0 Å². The Hall–Kier alpha value is -3.85. The largest absolute Gasteiger partial charge is 0.497 e. The Kier molecular flexibility index (Phi) is 11.1. The zero-order valence-electron chi connectivity index (χ0n) is 26.5. The van der Waals surface area contributed by atoms with Gasteiger partial charge in [-0.3, -0.25) is 13.9 Å². The van der Waals surface area contributed by atoms with E-state index in [-0.39, 0.29) is 23.4 Å². The van der Waals surface area contributed by atoms with E-state index >= 15 is 0 Å². The van der Waals surface area contributed by atoms with Crippen LogP contribution >= 0.6 is 0 Å². The predicted octanol–water partition coefficient (Wildman–Crippen LogP) is 6.07. The number of sulfonamides is 1. The second kappa shape index (κ2) is 14.8. The van der Waals surface area contributed by atoms with Crippen molar-refractivity contribution < 1.29 is 22.7 Å². The minimum Gasteiger partial charge on any atom is -0.497 e. The molecule has 0 aromatic heterocycles. The SMILES string of the molecule is CC[C@@H](C(=O)NC1CCCCC1)N(Cc1cccc(OC)c1)C(=O)CN(c1ccc(C)cc1C)S(=O)(=O)c1ccc(C)cc1. The van der Waals surface area contributed by atoms with E-state index in [4.69, 9.17) is 4.74 Å². The van der Waals surface area contributed by atoms with Crippen LogP contribution in [0.15, 0.2) is 71.6 Å². The van der Waals surface area contributed by atoms with Crippen molar-refractivity contribution in [2.24, 2.45) is 0 Å². The van der Waals surface area contributed by atoms with Gasteiger partial charge in [-0.05, 0) is 81.5 Å². The van der Waals surface area contributed by atoms with Gasteiger partial charge in [-0.25, -0.2) is 8.42 Å². The van der Waals surface area contributed by atoms with Gasteiger partial charge in [0, 0.05) is 12.6 Å². The highest BCUT2D eigenvalue weighted by Crippen LogP contribution is 2.29. The Balaban J connectivity index is 1.74. The van der Waals surface area contributed by atoms with Crippen molar-refractivity contribution in [1.29, 1.82) is 0 Å². The van der Waals surface area contributed by atoms with E-state index in [1.807, 2.05) is 64.1 Å². The molecule has 44 heavy (non-hydrogen) atoms. The van der Waals surface area contributed by atoms with Gasteiger partial charge in [0.1, 0.15) is 18.3 Å². The number of amides is 2. The fourth-order valence-corrected chi connectivity index (χ4v) is 7.35. The van der Waals surface area contributed by atoms with Gasteiger partial charge < -0.3 is 15.0 Å². The van der Waals surface area contributed by atoms with E-state index in [2.05, 4.69) is 5.32 Å². The summed E-state index contributed by atoms with van der Waals surface area (Å²) in [5.41, 5.74) is 3.84. The number of nitrogens with one attached hydrogen (secondary N) is 1. The highest BCUT2D eigenvalue weighted by atomic mass is 32.2. The first-order valence-electron chi connectivity index (χ1n) is 15.4. The van der Waals surface area contributed by atoms with E-state index in [0.717, 1.165) is 54.4 Å². The van der Waals surface area contributed by atoms with E-state index < -0.39 is 28.5 Å². The van der Waals surface area contributed by atoms with Crippen molar-refractivity contribution in [2.45, 2.75) is 89.7 Å². The molecule has 0 spiro atoms. The van der Waals surface area contributed by atoms with Crippen LogP contribution in [0.2, 0.25) is 0 Å². The molecule has 3 aromatic rings. The molecule has 0 saturated heterocycles. The highest BCUT2D eigenvalue weighted by Gasteiger charge is 2.35. The van der Waals surface area contributed by atoms with Crippen molar-refractivity contribution in [3.63, 3.8) is 0 Å². The number of aryl methyl sites for hydroxylation is 3. The Morgan fingerprint density at radius 2 is 1.61 bits per heavy atom. The van der Waals surface area contributed by atoms with Gasteiger partial charge in [-0.15, -0.1) is 0 Å². The molecule has 0 aliphatic heterocycles. The molecular formula is C35H45N3O5S. The number of carbonyl (C=O) groups is 2. The second-order valence-corrected chi connectivity index (χ2v) is 13.6. The molecule has 0 unspecified atom stereocenters. The van der Waals surface area contributed by atoms with E-state index in [0.29, 0.717) is 17.9 Å². The molecule has 8 nitrogen and oxygen atoms in total. The van der Waals surface area contributed by atoms with Crippen LogP contribution in [0.3, 0.4) is 0 Å². The number of methoxy groups -OCH3 is 1. The Labute approximate surface area is 262 Å². The zero-order chi connectivity index (χ0) is 31.9. The van der Waals surface area contributed by atoms with Crippen LogP contribution in [-0.4, -0.2) is 50.9 Å². The first-order valence-corrected chi connectivity index (χ1v) is 16.9. The average molecular weight is 620 g/mol. The molecular weight excluding hydrogens is 574 g/mol. The van der Waals surface area contributed by atoms with Crippen molar-refractivity contribution in [2.75, 3.05) is 18.0 Å². The number of benzene rings is 3. The summed E-state index contributed by atoms with van der Waals surface area (Å²) < 4.78 is 34.9. The lowest BCUT2D eigenvalue weighted by Crippen LogP contribution is -2.54. The van der Waals surface area contributed by atoms with E-state index in [9.17, 15) is 18.0 Å². The van der Waals surface area contributed by atoms with Crippen molar-refractivity contribution >= 4 is 27.5 Å². The van der Waals surface area contributed by atoms with Crippen LogP contribution in [0.25, 0.3) is 0 Å². The average Bonchev–Trinajstić information content (AvgIpc) is 3.00. The lowest BCUT2D eigenvalue weighted by atomic mass is 9.95. The molecule has 1 atom stereocenters. The third kappa shape index (κ3) is 8.00. The topological polar surface area (TPSA) is 96.0 Å². The van der Waals surface area contributed by atoms with Crippen LogP contribution in [0.5, 0.6) is 5.75 Å². The van der Waals surface area contributed by atoms with Crippen LogP contribution in [0.4, 0.5) is 5.69 Å². The minimum atomic E-state index is -4.13. The molecule has 1 fully saturated rings. The van der Waals surface area contributed by atoms with Crippen LogP contribution < -0.4 is 14.4 Å². The van der Waals surface area contributed by atoms with E-state index in [1.54, 1.807) is 37.4 Å². The molecule has 1 aliphatic rings. The number of hydrogen-bond acceptors (Lipinski definition) is 5. The van der Waals surface area contributed by atoms with E-state index in [1.165, 1.54) is 9.21 Å². The first kappa shape index (κ1) is 33.1. The standard InChI is InChI=1S/C35H45N3O5S/c1-6-32(35(40)36-29-12-8-7-9-13-29)37(23-28-11-10-14-30(22-28)43-5)34(39)24-38(33-20-17-26(3)21-27(33)4)44(41,42)31-18-15-25(2)16-19-31/h10-11,14-22,29,32H,6-9,12-13,23-24H2,1-5H3,(H,36,40)/t32-/m0/s1. The predicted molar refractivity (Wildman–Crippen MR) is 174 cm³/mol. The van der Waals surface area contributed by atoms with Crippen molar-refractivity contribution in [3.05, 3.63) is 89.0 Å². The molecule has 1 saturated carbocycles. The first-order chi connectivity index (χ1) is 21.0. The highest BCUT2D eigenvalue weighted by molar-refractivity contribution is 7.92. The summed E-state index contributed by atoms with van der Waals surface area (Å²) in [6, 6.07) is 18.7. The lowest BCUT2D eigenvalue weighted by Gasteiger charge is -2.35. The van der Waals surface area contributed by atoms with Gasteiger partial charge in [-0.2, -0.15) is 0 Å². The number of ether oxygens (including phenoxy) is 1. The second-order valence-electron chi connectivity index (χ2n) is 11.8. The fraction of sp³-hybridized carbons (Fsp3) is 0.429. The third-order valence-corrected chi connectivity index (χ3v) is 10.1. The number of nitrogens with zero attached hydrogens (tertiary/aromatic N) is 2. The molecule has 0 bridgehead atoms. The number of hydrogen-bond donors (Lipinski definition) is 1. The molecule has 2 amide bonds. The third-order valence-electron chi connectivity index (χ3n) is 8.33. The maximum absolute atomic E-state index is 14.4. The lowest BCUT2D eigenvalue weighted by molar-refractivity contribution is -0.140. The quantitative estimate of drug-likeness (QED) is 0.266. The molecule has 0 heterocycles. The maximum atomic E-state index is 14.4. The Bertz CT molecular complexity index is 1550. The van der Waals surface area contributed by atoms with Crippen LogP contribution in [-0.2, 0) is 26.2 Å². The summed E-state index contributed by atoms with van der Waals surface area (Å²) in [6.45, 7) is 7.21. The van der Waals surface area contributed by atoms with Gasteiger partial charge in [0.05, 0.1) is 17.7 Å². The van der Waals surface area contributed by atoms with Crippen molar-refractivity contribution in [1.82, 2.24) is 10.2 Å². The Morgan fingerprint density at radius 3 is 2.25 bits per heavy atom. The summed E-state index contributed by atoms with van der Waals surface area (Å²) in [5.74, 6) is -0.0438. The van der Waals surface area contributed by atoms with Gasteiger partial charge in [0.2, 0.25) is 11.8 Å². The molecule has 0 radical (unpaired) electrons. The monoisotopic (exact) mass is 619 g/mol. The molecule has 3 aromatic carbocycles. The number of rotatable bonds is 12. The zero-order valence-corrected chi connectivity index (χ0v) is 27.3. The summed E-state index contributed by atoms with van der Waals surface area (Å²) >= 11 is 0. The molecule has 1 aliphatic carbocycles. The summed E-state index contributed by atoms with van der Waals surface area (Å²) in [5, 5.41) is 3.19. The minimum absolute atomic E-state index is 0.0766. The molecule has 4 rings (SSSR count). The smallest absolute Gasteiger partial charge is 0.264 e. The molecule has 9 heteroatoms. The molecule has 1 N–H and O–H groups in total.